The maximum absolute atomic E-state index is 13.6. The van der Waals surface area contributed by atoms with Gasteiger partial charge in [0.2, 0.25) is 0 Å². The van der Waals surface area contributed by atoms with Crippen LogP contribution in [0.5, 0.6) is 5.75 Å². The predicted octanol–water partition coefficient (Wildman–Crippen LogP) is 8.15. The Balaban J connectivity index is 0.863. The number of nitrogens with zero attached hydrogens (tertiary/aromatic N) is 4. The molecule has 0 bridgehead atoms. The third-order valence-corrected chi connectivity index (χ3v) is 13.7. The van der Waals surface area contributed by atoms with Gasteiger partial charge in [0.25, 0.3) is 11.8 Å². The van der Waals surface area contributed by atoms with E-state index in [2.05, 4.69) is 72.8 Å². The Labute approximate surface area is 347 Å². The van der Waals surface area contributed by atoms with Gasteiger partial charge in [-0.1, -0.05) is 24.3 Å². The maximum Gasteiger partial charge on any atom is 0.275 e. The van der Waals surface area contributed by atoms with Crippen LogP contribution in [0.25, 0.3) is 31.2 Å². The van der Waals surface area contributed by atoms with Crippen molar-refractivity contribution in [1.82, 2.24) is 20.6 Å². The number of hydrogen-bond donors (Lipinski definition) is 4. The maximum atomic E-state index is 13.6. The number of nitrogens with one attached hydrogen (secondary N) is 4. The number of hydrogen-bond acceptors (Lipinski definition) is 12. The third-order valence-electron chi connectivity index (χ3n) is 10.9. The summed E-state index contributed by atoms with van der Waals surface area (Å²) in [6, 6.07) is 28.6. The zero-order chi connectivity index (χ0) is 39.0. The molecule has 0 aliphatic carbocycles. The highest BCUT2D eigenvalue weighted by molar-refractivity contribution is 7.17. The van der Waals surface area contributed by atoms with E-state index in [-0.39, 0.29) is 17.9 Å². The van der Waals surface area contributed by atoms with E-state index in [1.54, 1.807) is 11.3 Å². The fraction of sp³-hybridized carbons (Fsp3) is 0.227. The van der Waals surface area contributed by atoms with Crippen molar-refractivity contribution < 1.29 is 14.3 Å². The Kier molecular flexibility index (Phi) is 10.1. The number of carbonyl (C=O) groups excluding carboxylic acids is 2. The van der Waals surface area contributed by atoms with Gasteiger partial charge in [0, 0.05) is 78.8 Å². The first kappa shape index (κ1) is 36.7. The zero-order valence-electron chi connectivity index (χ0n) is 31.5. The molecule has 14 heteroatoms. The summed E-state index contributed by atoms with van der Waals surface area (Å²) in [5.41, 5.74) is 8.65. The third kappa shape index (κ3) is 7.33. The second-order valence-electron chi connectivity index (χ2n) is 14.5. The number of anilines is 4. The molecule has 3 aliphatic rings. The number of amides is 2. The number of rotatable bonds is 9. The van der Waals surface area contributed by atoms with Crippen LogP contribution in [0.15, 0.2) is 101 Å². The predicted molar refractivity (Wildman–Crippen MR) is 237 cm³/mol. The van der Waals surface area contributed by atoms with Crippen LogP contribution < -0.4 is 35.8 Å². The number of para-hydroxylation sites is 4. The minimum absolute atomic E-state index is 0.0154. The van der Waals surface area contributed by atoms with Crippen LogP contribution in [0.4, 0.5) is 22.7 Å². The molecule has 2 amide bonds. The van der Waals surface area contributed by atoms with Crippen molar-refractivity contribution in [3.8, 4) is 26.9 Å². The monoisotopic (exact) mass is 824 g/mol. The number of thiophene rings is 1. The summed E-state index contributed by atoms with van der Waals surface area (Å²) < 4.78 is 6.89. The lowest BCUT2D eigenvalue weighted by molar-refractivity contribution is 0.101. The molecule has 58 heavy (non-hydrogen) atoms. The summed E-state index contributed by atoms with van der Waals surface area (Å²) in [6.45, 7) is 6.55. The SMILES string of the molecule is O=C(Nc1ccccc1N1CCNCC1)c1csc(-c2cc(C3CN(c4ccccc4NC(=O)c4csc(-c5ccc6c(c5)CCO6)n4)CCN3)c3sccc3c2)n1. The summed E-state index contributed by atoms with van der Waals surface area (Å²) >= 11 is 4.68. The molecule has 4 aromatic carbocycles. The smallest absolute Gasteiger partial charge is 0.275 e. The first-order valence-electron chi connectivity index (χ1n) is 19.5. The topological polar surface area (TPSA) is 124 Å². The van der Waals surface area contributed by atoms with Crippen LogP contribution in [0.1, 0.15) is 38.1 Å². The molecule has 2 fully saturated rings. The lowest BCUT2D eigenvalue weighted by atomic mass is 9.99. The molecular formula is C44H40N8O3S3. The molecule has 1 atom stereocenters. The van der Waals surface area contributed by atoms with Crippen LogP contribution >= 0.6 is 34.0 Å². The van der Waals surface area contributed by atoms with Crippen molar-refractivity contribution in [2.24, 2.45) is 0 Å². The Morgan fingerprint density at radius 1 is 0.724 bits per heavy atom. The molecule has 3 aliphatic heterocycles. The van der Waals surface area contributed by atoms with Gasteiger partial charge in [-0.2, -0.15) is 0 Å². The molecule has 7 aromatic rings. The Morgan fingerprint density at radius 3 is 2.14 bits per heavy atom. The van der Waals surface area contributed by atoms with Crippen molar-refractivity contribution in [3.63, 3.8) is 0 Å². The first-order valence-corrected chi connectivity index (χ1v) is 22.1. The van der Waals surface area contributed by atoms with Crippen LogP contribution in [0.2, 0.25) is 0 Å². The number of ether oxygens (including phenoxy) is 1. The molecule has 1 unspecified atom stereocenters. The Morgan fingerprint density at radius 2 is 1.40 bits per heavy atom. The summed E-state index contributed by atoms with van der Waals surface area (Å²) in [7, 11) is 0. The van der Waals surface area contributed by atoms with E-state index in [9.17, 15) is 9.59 Å². The molecule has 3 aromatic heterocycles. The van der Waals surface area contributed by atoms with Crippen LogP contribution in [0.3, 0.4) is 0 Å². The van der Waals surface area contributed by atoms with Gasteiger partial charge in [-0.25, -0.2) is 9.97 Å². The normalized spacial score (nSPS) is 16.6. The molecule has 0 radical (unpaired) electrons. The summed E-state index contributed by atoms with van der Waals surface area (Å²) in [5, 5.41) is 22.0. The van der Waals surface area contributed by atoms with Crippen LogP contribution in [-0.4, -0.2) is 74.2 Å². The fourth-order valence-corrected chi connectivity index (χ4v) is 10.5. The summed E-state index contributed by atoms with van der Waals surface area (Å²) in [4.78, 5) is 41.4. The van der Waals surface area contributed by atoms with Crippen molar-refractivity contribution in [2.45, 2.75) is 12.5 Å². The van der Waals surface area contributed by atoms with Gasteiger partial charge in [0.15, 0.2) is 0 Å². The van der Waals surface area contributed by atoms with Gasteiger partial charge < -0.3 is 35.8 Å². The summed E-state index contributed by atoms with van der Waals surface area (Å²) in [6.07, 6.45) is 0.885. The molecular weight excluding hydrogens is 785 g/mol. The number of aromatic nitrogens is 2. The van der Waals surface area contributed by atoms with E-state index in [4.69, 9.17) is 14.7 Å². The van der Waals surface area contributed by atoms with E-state index in [1.165, 1.54) is 38.5 Å². The molecule has 2 saturated heterocycles. The van der Waals surface area contributed by atoms with Crippen molar-refractivity contribution in [1.29, 1.82) is 0 Å². The van der Waals surface area contributed by atoms with Gasteiger partial charge in [-0.15, -0.1) is 34.0 Å². The summed E-state index contributed by atoms with van der Waals surface area (Å²) in [5.74, 6) is 0.470. The number of thiazole rings is 2. The molecule has 11 nitrogen and oxygen atoms in total. The lowest BCUT2D eigenvalue weighted by Crippen LogP contribution is -2.46. The highest BCUT2D eigenvalue weighted by Gasteiger charge is 2.27. The minimum Gasteiger partial charge on any atom is -0.493 e. The number of carbonyl (C=O) groups is 2. The van der Waals surface area contributed by atoms with Crippen molar-refractivity contribution in [2.75, 3.05) is 72.9 Å². The molecule has 10 rings (SSSR count). The molecule has 0 saturated carbocycles. The lowest BCUT2D eigenvalue weighted by Gasteiger charge is -2.36. The van der Waals surface area contributed by atoms with Crippen molar-refractivity contribution in [3.05, 3.63) is 124 Å². The zero-order valence-corrected chi connectivity index (χ0v) is 33.9. The Bertz CT molecular complexity index is 2650. The average molecular weight is 825 g/mol. The van der Waals surface area contributed by atoms with Crippen LogP contribution in [0, 0.1) is 0 Å². The van der Waals surface area contributed by atoms with Gasteiger partial charge in [0.05, 0.1) is 35.4 Å². The van der Waals surface area contributed by atoms with Crippen LogP contribution in [-0.2, 0) is 6.42 Å². The minimum atomic E-state index is -0.237. The second-order valence-corrected chi connectivity index (χ2v) is 17.2. The molecule has 292 valence electrons. The molecule has 0 spiro atoms. The first-order chi connectivity index (χ1) is 28.5. The highest BCUT2D eigenvalue weighted by Crippen LogP contribution is 2.38. The standard InChI is InChI=1S/C44H40N8O3S3/c53-41(35-25-57-43(49-35)29-9-10-39-27(21-29)11-19-55-39)48-33-6-2-4-8-38(33)52-18-15-46-34(24-52)31-23-30(22-28-12-20-56-40(28)31)44-50-36(26-58-44)42(54)47-32-5-1-3-7-37(32)51-16-13-45-14-17-51/h1-10,12,20-23,25-26,34,45-46H,11,13-19,24H2,(H,47,54)(H,48,53). The number of fused-ring (bicyclic) bond motifs is 2. The van der Waals surface area contributed by atoms with E-state index < -0.39 is 0 Å². The largest absolute Gasteiger partial charge is 0.493 e. The van der Waals surface area contributed by atoms with E-state index in [0.29, 0.717) is 24.5 Å². The van der Waals surface area contributed by atoms with Crippen molar-refractivity contribution >= 4 is 78.7 Å². The Hall–Kier alpha value is -5.64. The molecule has 6 heterocycles. The van der Waals surface area contributed by atoms with Gasteiger partial charge in [-0.05, 0) is 82.6 Å². The second kappa shape index (κ2) is 16.0. The van der Waals surface area contributed by atoms with Gasteiger partial charge >= 0.3 is 0 Å². The number of benzene rings is 4. The van der Waals surface area contributed by atoms with Gasteiger partial charge in [-0.3, -0.25) is 9.59 Å². The fourth-order valence-electron chi connectivity index (χ4n) is 8.00. The number of piperazine rings is 2. The van der Waals surface area contributed by atoms with E-state index in [1.807, 2.05) is 59.3 Å². The quantitative estimate of drug-likeness (QED) is 0.114. The van der Waals surface area contributed by atoms with E-state index in [0.717, 1.165) is 101 Å². The highest BCUT2D eigenvalue weighted by atomic mass is 32.1. The average Bonchev–Trinajstić information content (AvgIpc) is 4.11. The van der Waals surface area contributed by atoms with Gasteiger partial charge in [0.1, 0.15) is 27.2 Å². The molecule has 4 N–H and O–H groups in total. The van der Waals surface area contributed by atoms with E-state index >= 15 is 0 Å².